The molecule has 2 amide bonds. The predicted octanol–water partition coefficient (Wildman–Crippen LogP) is 2.30. The van der Waals surface area contributed by atoms with Crippen molar-refractivity contribution in [2.45, 2.75) is 6.42 Å². The summed E-state index contributed by atoms with van der Waals surface area (Å²) in [5, 5.41) is 22.2. The number of carbonyl (C=O) groups is 2. The second kappa shape index (κ2) is 6.08. The number of carboxylic acids is 1. The Labute approximate surface area is 128 Å². The smallest absolute Gasteiger partial charge is 0.321 e. The average molecular weight is 358 g/mol. The molecule has 8 nitrogen and oxygen atoms in total. The number of amides is 2. The molecule has 0 aliphatic carbocycles. The molecule has 0 radical (unpaired) electrons. The van der Waals surface area contributed by atoms with E-state index >= 15 is 0 Å². The third-order valence-electron chi connectivity index (χ3n) is 3.22. The lowest BCUT2D eigenvalue weighted by Gasteiger charge is -2.16. The minimum absolute atomic E-state index is 0.139. The Morgan fingerprint density at radius 3 is 2.76 bits per heavy atom. The van der Waals surface area contributed by atoms with E-state index in [-0.39, 0.29) is 17.9 Å². The van der Waals surface area contributed by atoms with Crippen molar-refractivity contribution in [1.82, 2.24) is 4.90 Å². The van der Waals surface area contributed by atoms with E-state index in [1.54, 1.807) is 0 Å². The van der Waals surface area contributed by atoms with Crippen LogP contribution in [0.1, 0.15) is 6.42 Å². The van der Waals surface area contributed by atoms with Crippen LogP contribution in [0.4, 0.5) is 16.2 Å². The first kappa shape index (κ1) is 15.2. The highest BCUT2D eigenvalue weighted by atomic mass is 79.9. The number of urea groups is 1. The molecule has 1 fully saturated rings. The number of likely N-dealkylation sites (tertiary alicyclic amines) is 1. The van der Waals surface area contributed by atoms with Crippen LogP contribution in [0.2, 0.25) is 0 Å². The Hall–Kier alpha value is -2.16. The largest absolute Gasteiger partial charge is 0.481 e. The Kier molecular flexibility index (Phi) is 4.41. The van der Waals surface area contributed by atoms with Gasteiger partial charge in [0.25, 0.3) is 5.69 Å². The summed E-state index contributed by atoms with van der Waals surface area (Å²) in [6.45, 7) is 0.487. The van der Waals surface area contributed by atoms with Crippen molar-refractivity contribution in [3.63, 3.8) is 0 Å². The van der Waals surface area contributed by atoms with Crippen LogP contribution in [0, 0.1) is 16.0 Å². The average Bonchev–Trinajstić information content (AvgIpc) is 2.90. The van der Waals surface area contributed by atoms with Gasteiger partial charge in [0.15, 0.2) is 0 Å². The zero-order chi connectivity index (χ0) is 15.6. The van der Waals surface area contributed by atoms with Gasteiger partial charge in [0.1, 0.15) is 0 Å². The van der Waals surface area contributed by atoms with Gasteiger partial charge in [-0.3, -0.25) is 14.9 Å². The van der Waals surface area contributed by atoms with Crippen molar-refractivity contribution in [2.24, 2.45) is 5.92 Å². The number of nitro benzene ring substituents is 1. The van der Waals surface area contributed by atoms with Crippen LogP contribution < -0.4 is 5.32 Å². The number of aliphatic carboxylic acids is 1. The highest BCUT2D eigenvalue weighted by molar-refractivity contribution is 9.10. The van der Waals surface area contributed by atoms with E-state index in [9.17, 15) is 19.7 Å². The molecule has 1 heterocycles. The van der Waals surface area contributed by atoms with E-state index in [2.05, 4.69) is 21.2 Å². The van der Waals surface area contributed by atoms with E-state index in [1.807, 2.05) is 0 Å². The fraction of sp³-hybridized carbons (Fsp3) is 0.333. The second-order valence-electron chi connectivity index (χ2n) is 4.62. The summed E-state index contributed by atoms with van der Waals surface area (Å²) >= 11 is 3.06. The van der Waals surface area contributed by atoms with E-state index in [1.165, 1.54) is 23.1 Å². The standard InChI is InChI=1S/C12H12BrN3O5/c13-9-2-1-8(5-10(9)16(20)21)14-12(19)15-4-3-7(6-15)11(17)18/h1-2,5,7H,3-4,6H2,(H,14,19)(H,17,18). The molecular formula is C12H12BrN3O5. The van der Waals surface area contributed by atoms with Gasteiger partial charge in [-0.05, 0) is 34.5 Å². The number of anilines is 1. The summed E-state index contributed by atoms with van der Waals surface area (Å²) in [5.74, 6) is -1.49. The van der Waals surface area contributed by atoms with Gasteiger partial charge in [0.2, 0.25) is 0 Å². The first-order valence-electron chi connectivity index (χ1n) is 6.11. The quantitative estimate of drug-likeness (QED) is 0.636. The summed E-state index contributed by atoms with van der Waals surface area (Å²) < 4.78 is 0.317. The molecular weight excluding hydrogens is 346 g/mol. The lowest BCUT2D eigenvalue weighted by Crippen LogP contribution is -2.33. The Morgan fingerprint density at radius 1 is 1.48 bits per heavy atom. The second-order valence-corrected chi connectivity index (χ2v) is 5.48. The number of hydrogen-bond acceptors (Lipinski definition) is 4. The minimum Gasteiger partial charge on any atom is -0.481 e. The van der Waals surface area contributed by atoms with Gasteiger partial charge in [0, 0.05) is 24.8 Å². The Morgan fingerprint density at radius 2 is 2.19 bits per heavy atom. The first-order valence-corrected chi connectivity index (χ1v) is 6.90. The molecule has 21 heavy (non-hydrogen) atoms. The Bertz CT molecular complexity index is 607. The van der Waals surface area contributed by atoms with E-state index in [4.69, 9.17) is 5.11 Å². The van der Waals surface area contributed by atoms with Gasteiger partial charge in [-0.25, -0.2) is 4.79 Å². The molecule has 1 atom stereocenters. The van der Waals surface area contributed by atoms with Gasteiger partial charge in [-0.2, -0.15) is 0 Å². The maximum atomic E-state index is 12.0. The zero-order valence-corrected chi connectivity index (χ0v) is 12.4. The fourth-order valence-corrected chi connectivity index (χ4v) is 2.47. The summed E-state index contributed by atoms with van der Waals surface area (Å²) in [6, 6.07) is 3.78. The van der Waals surface area contributed by atoms with Gasteiger partial charge in [-0.1, -0.05) is 0 Å². The van der Waals surface area contributed by atoms with Crippen molar-refractivity contribution in [3.8, 4) is 0 Å². The number of nitrogens with one attached hydrogen (secondary N) is 1. The predicted molar refractivity (Wildman–Crippen MR) is 77.1 cm³/mol. The van der Waals surface area contributed by atoms with Gasteiger partial charge in [-0.15, -0.1) is 0 Å². The van der Waals surface area contributed by atoms with Crippen LogP contribution in [-0.2, 0) is 4.79 Å². The highest BCUT2D eigenvalue weighted by Crippen LogP contribution is 2.28. The van der Waals surface area contributed by atoms with Crippen LogP contribution in [0.25, 0.3) is 0 Å². The molecule has 0 spiro atoms. The normalized spacial score (nSPS) is 17.6. The molecule has 1 aromatic rings. The van der Waals surface area contributed by atoms with E-state index in [0.29, 0.717) is 17.4 Å². The molecule has 112 valence electrons. The Balaban J connectivity index is 2.05. The number of halogens is 1. The van der Waals surface area contributed by atoms with Gasteiger partial charge < -0.3 is 15.3 Å². The lowest BCUT2D eigenvalue weighted by molar-refractivity contribution is -0.385. The zero-order valence-electron chi connectivity index (χ0n) is 10.8. The summed E-state index contributed by atoms with van der Waals surface area (Å²) in [5.41, 5.74) is 0.131. The summed E-state index contributed by atoms with van der Waals surface area (Å²) in [7, 11) is 0. The first-order chi connectivity index (χ1) is 9.88. The molecule has 1 saturated heterocycles. The third kappa shape index (κ3) is 3.48. The van der Waals surface area contributed by atoms with Crippen LogP contribution in [0.15, 0.2) is 22.7 Å². The molecule has 0 bridgehead atoms. The summed E-state index contributed by atoms with van der Waals surface area (Å²) in [6.07, 6.45) is 0.406. The maximum Gasteiger partial charge on any atom is 0.321 e. The van der Waals surface area contributed by atoms with Crippen molar-refractivity contribution in [1.29, 1.82) is 0 Å². The number of nitro groups is 1. The molecule has 9 heteroatoms. The number of nitrogens with zero attached hydrogens (tertiary/aromatic N) is 2. The molecule has 2 N–H and O–H groups in total. The maximum absolute atomic E-state index is 12.0. The van der Waals surface area contributed by atoms with Gasteiger partial charge in [0.05, 0.1) is 15.3 Å². The third-order valence-corrected chi connectivity index (χ3v) is 3.89. The van der Waals surface area contributed by atoms with Crippen molar-refractivity contribution < 1.29 is 19.6 Å². The van der Waals surface area contributed by atoms with Crippen LogP contribution in [0.3, 0.4) is 0 Å². The molecule has 2 rings (SSSR count). The number of benzene rings is 1. The number of rotatable bonds is 3. The molecule has 1 aromatic carbocycles. The summed E-state index contributed by atoms with van der Waals surface area (Å²) in [4.78, 5) is 34.5. The molecule has 1 aliphatic rings. The lowest BCUT2D eigenvalue weighted by atomic mass is 10.1. The molecule has 0 saturated carbocycles. The van der Waals surface area contributed by atoms with Crippen molar-refractivity contribution >= 4 is 39.3 Å². The topological polar surface area (TPSA) is 113 Å². The van der Waals surface area contributed by atoms with Crippen molar-refractivity contribution in [3.05, 3.63) is 32.8 Å². The van der Waals surface area contributed by atoms with E-state index < -0.39 is 22.8 Å². The fourth-order valence-electron chi connectivity index (χ4n) is 2.08. The van der Waals surface area contributed by atoms with Crippen molar-refractivity contribution in [2.75, 3.05) is 18.4 Å². The number of carboxylic acid groups (broad SMARTS) is 1. The molecule has 0 aromatic heterocycles. The SMILES string of the molecule is O=C(O)C1CCN(C(=O)Nc2ccc(Br)c([N+](=O)[O-])c2)C1. The highest BCUT2D eigenvalue weighted by Gasteiger charge is 2.31. The van der Waals surface area contributed by atoms with Crippen LogP contribution >= 0.6 is 15.9 Å². The minimum atomic E-state index is -0.926. The molecule has 1 unspecified atom stereocenters. The van der Waals surface area contributed by atoms with Gasteiger partial charge >= 0.3 is 12.0 Å². The number of hydrogen-bond donors (Lipinski definition) is 2. The van der Waals surface area contributed by atoms with E-state index in [0.717, 1.165) is 0 Å². The monoisotopic (exact) mass is 357 g/mol. The number of carbonyl (C=O) groups excluding carboxylic acids is 1. The molecule has 1 aliphatic heterocycles. The van der Waals surface area contributed by atoms with Crippen LogP contribution in [0.5, 0.6) is 0 Å². The van der Waals surface area contributed by atoms with Crippen LogP contribution in [-0.4, -0.2) is 40.0 Å².